The highest BCUT2D eigenvalue weighted by molar-refractivity contribution is 7.92. The number of nitrogens with zero attached hydrogens (tertiary/aromatic N) is 2. The predicted octanol–water partition coefficient (Wildman–Crippen LogP) is 0.757. The molecule has 2 N–H and O–H groups in total. The van der Waals surface area contributed by atoms with Crippen molar-refractivity contribution in [3.05, 3.63) is 23.5 Å². The first-order chi connectivity index (χ1) is 13.3. The van der Waals surface area contributed by atoms with Crippen LogP contribution in [-0.4, -0.2) is 63.7 Å². The highest BCUT2D eigenvalue weighted by Gasteiger charge is 2.39. The molecule has 1 spiro atoms. The second-order valence-electron chi connectivity index (χ2n) is 7.87. The van der Waals surface area contributed by atoms with E-state index in [2.05, 4.69) is 4.90 Å². The van der Waals surface area contributed by atoms with Gasteiger partial charge in [0.25, 0.3) is 5.91 Å². The minimum atomic E-state index is -4.17. The third kappa shape index (κ3) is 3.68. The first-order valence-electron chi connectivity index (χ1n) is 9.43. The van der Waals surface area contributed by atoms with Gasteiger partial charge in [0.15, 0.2) is 5.82 Å². The second-order valence-corrected chi connectivity index (χ2v) is 9.47. The van der Waals surface area contributed by atoms with Gasteiger partial charge in [-0.15, -0.1) is 0 Å². The monoisotopic (exact) mass is 413 g/mol. The van der Waals surface area contributed by atoms with Gasteiger partial charge < -0.3 is 14.7 Å². The first kappa shape index (κ1) is 19.4. The Morgan fingerprint density at radius 1 is 1.25 bits per heavy atom. The fraction of sp³-hybridized carbons (Fsp3) is 0.611. The van der Waals surface area contributed by atoms with E-state index in [1.807, 2.05) is 0 Å². The van der Waals surface area contributed by atoms with E-state index in [0.29, 0.717) is 21.7 Å². The fourth-order valence-corrected chi connectivity index (χ4v) is 5.57. The lowest BCUT2D eigenvalue weighted by Gasteiger charge is -2.33. The van der Waals surface area contributed by atoms with E-state index < -0.39 is 39.9 Å². The summed E-state index contributed by atoms with van der Waals surface area (Å²) in [4.78, 5) is 13.7. The van der Waals surface area contributed by atoms with Gasteiger partial charge in [-0.05, 0) is 55.3 Å². The van der Waals surface area contributed by atoms with Gasteiger partial charge in [0.1, 0.15) is 18.0 Å². The molecule has 0 aromatic heterocycles. The molecule has 4 rings (SSSR count). The van der Waals surface area contributed by atoms with Gasteiger partial charge in [-0.2, -0.15) is 8.42 Å². The van der Waals surface area contributed by atoms with Crippen LogP contribution in [0, 0.1) is 11.2 Å². The van der Waals surface area contributed by atoms with E-state index in [1.54, 1.807) is 4.72 Å². The SMILES string of the molecule is O=C1CN(c2c(O)cc(CCN3CCC4(CCOCC4)C3)cc2F)S(=O)(=O)N1. The number of carbonyl (C=O) groups is 1. The molecule has 3 heterocycles. The Morgan fingerprint density at radius 2 is 2.00 bits per heavy atom. The number of likely N-dealkylation sites (tertiary alicyclic amines) is 1. The standard InChI is InChI=1S/C18H24FN3O5S/c19-14-9-13(1-5-21-6-2-18(12-21)3-7-27-8-4-18)10-15(23)17(14)22-11-16(24)20-28(22,25)26/h9-10,23H,1-8,11-12H2,(H,20,24). The van der Waals surface area contributed by atoms with Crippen LogP contribution in [0.1, 0.15) is 24.8 Å². The van der Waals surface area contributed by atoms with Gasteiger partial charge in [0.2, 0.25) is 0 Å². The molecule has 1 aromatic rings. The number of amides is 1. The zero-order chi connectivity index (χ0) is 19.9. The van der Waals surface area contributed by atoms with Crippen LogP contribution in [0.4, 0.5) is 10.1 Å². The summed E-state index contributed by atoms with van der Waals surface area (Å²) in [6.45, 7) is 3.81. The Labute approximate surface area is 163 Å². The third-order valence-corrected chi connectivity index (χ3v) is 7.34. The van der Waals surface area contributed by atoms with Gasteiger partial charge in [0.05, 0.1) is 0 Å². The molecule has 1 amide bonds. The van der Waals surface area contributed by atoms with Crippen LogP contribution in [0.5, 0.6) is 5.75 Å². The molecule has 10 heteroatoms. The maximum atomic E-state index is 14.6. The van der Waals surface area contributed by atoms with Gasteiger partial charge in [-0.25, -0.2) is 13.4 Å². The summed E-state index contributed by atoms with van der Waals surface area (Å²) < 4.78 is 46.2. The number of hydrogen-bond acceptors (Lipinski definition) is 6. The van der Waals surface area contributed by atoms with Crippen LogP contribution >= 0.6 is 0 Å². The molecule has 8 nitrogen and oxygen atoms in total. The highest BCUT2D eigenvalue weighted by atomic mass is 32.2. The molecule has 154 valence electrons. The van der Waals surface area contributed by atoms with Crippen molar-refractivity contribution in [2.45, 2.75) is 25.7 Å². The van der Waals surface area contributed by atoms with Crippen molar-refractivity contribution in [1.82, 2.24) is 9.62 Å². The normalized spacial score (nSPS) is 24.0. The second kappa shape index (κ2) is 7.16. The molecule has 3 aliphatic rings. The maximum Gasteiger partial charge on any atom is 0.326 e. The molecule has 1 aromatic carbocycles. The summed E-state index contributed by atoms with van der Waals surface area (Å²) in [7, 11) is -4.17. The van der Waals surface area contributed by atoms with Crippen molar-refractivity contribution in [1.29, 1.82) is 0 Å². The highest BCUT2D eigenvalue weighted by Crippen LogP contribution is 2.40. The molecule has 0 bridgehead atoms. The van der Waals surface area contributed by atoms with Crippen molar-refractivity contribution in [2.75, 3.05) is 43.7 Å². The van der Waals surface area contributed by atoms with Crippen molar-refractivity contribution in [3.8, 4) is 5.75 Å². The molecule has 3 fully saturated rings. The van der Waals surface area contributed by atoms with Crippen molar-refractivity contribution in [3.63, 3.8) is 0 Å². The van der Waals surface area contributed by atoms with E-state index in [4.69, 9.17) is 4.74 Å². The van der Waals surface area contributed by atoms with Crippen LogP contribution in [0.3, 0.4) is 0 Å². The first-order valence-corrected chi connectivity index (χ1v) is 10.9. The summed E-state index contributed by atoms with van der Waals surface area (Å²) >= 11 is 0. The molecule has 28 heavy (non-hydrogen) atoms. The number of rotatable bonds is 4. The van der Waals surface area contributed by atoms with Crippen LogP contribution in [0.15, 0.2) is 12.1 Å². The lowest BCUT2D eigenvalue weighted by molar-refractivity contribution is -0.117. The largest absolute Gasteiger partial charge is 0.506 e. The van der Waals surface area contributed by atoms with Crippen molar-refractivity contribution < 1.29 is 27.4 Å². The average molecular weight is 413 g/mol. The molecular formula is C18H24FN3O5S. The molecule has 0 saturated carbocycles. The number of hydrogen-bond donors (Lipinski definition) is 2. The zero-order valence-electron chi connectivity index (χ0n) is 15.5. The summed E-state index contributed by atoms with van der Waals surface area (Å²) in [5.41, 5.74) is 0.422. The Bertz CT molecular complexity index is 862. The number of benzene rings is 1. The Kier molecular flexibility index (Phi) is 4.96. The number of carbonyl (C=O) groups excluding carboxylic acids is 1. The van der Waals surface area contributed by atoms with Gasteiger partial charge in [-0.1, -0.05) is 0 Å². The number of anilines is 1. The number of phenols is 1. The van der Waals surface area contributed by atoms with Crippen molar-refractivity contribution in [2.24, 2.45) is 5.41 Å². The lowest BCUT2D eigenvalue weighted by Crippen LogP contribution is -2.33. The van der Waals surface area contributed by atoms with E-state index in [0.717, 1.165) is 52.1 Å². The smallest absolute Gasteiger partial charge is 0.326 e. The van der Waals surface area contributed by atoms with Gasteiger partial charge >= 0.3 is 10.2 Å². The van der Waals surface area contributed by atoms with E-state index in [-0.39, 0.29) is 0 Å². The molecule has 0 atom stereocenters. The number of halogens is 1. The van der Waals surface area contributed by atoms with E-state index >= 15 is 0 Å². The number of ether oxygens (including phenoxy) is 1. The molecule has 0 aliphatic carbocycles. The lowest BCUT2D eigenvalue weighted by atomic mass is 9.80. The van der Waals surface area contributed by atoms with Gasteiger partial charge in [-0.3, -0.25) is 4.79 Å². The summed E-state index contributed by atoms with van der Waals surface area (Å²) in [5, 5.41) is 10.2. The molecule has 0 unspecified atom stereocenters. The third-order valence-electron chi connectivity index (χ3n) is 5.96. The van der Waals surface area contributed by atoms with Gasteiger partial charge in [0, 0.05) is 26.3 Å². The zero-order valence-corrected chi connectivity index (χ0v) is 16.3. The summed E-state index contributed by atoms with van der Waals surface area (Å²) in [6, 6.07) is 2.60. The molecule has 3 saturated heterocycles. The number of phenolic OH excluding ortho intramolecular Hbond substituents is 1. The Balaban J connectivity index is 1.43. The fourth-order valence-electron chi connectivity index (χ4n) is 4.39. The molecule has 0 radical (unpaired) electrons. The Morgan fingerprint density at radius 3 is 2.64 bits per heavy atom. The van der Waals surface area contributed by atoms with Crippen LogP contribution in [0.2, 0.25) is 0 Å². The van der Waals surface area contributed by atoms with Crippen molar-refractivity contribution >= 4 is 21.8 Å². The average Bonchev–Trinajstić information content (AvgIpc) is 3.13. The predicted molar refractivity (Wildman–Crippen MR) is 99.7 cm³/mol. The minimum Gasteiger partial charge on any atom is -0.506 e. The van der Waals surface area contributed by atoms with Crippen LogP contribution in [0.25, 0.3) is 0 Å². The van der Waals surface area contributed by atoms with E-state index in [9.17, 15) is 22.7 Å². The van der Waals surface area contributed by atoms with E-state index in [1.165, 1.54) is 12.1 Å². The van der Waals surface area contributed by atoms with Crippen LogP contribution < -0.4 is 9.03 Å². The topological polar surface area (TPSA) is 99.2 Å². The number of nitrogens with one attached hydrogen (secondary N) is 1. The summed E-state index contributed by atoms with van der Waals surface area (Å²) in [5.74, 6) is -2.12. The quantitative estimate of drug-likeness (QED) is 0.756. The molecule has 3 aliphatic heterocycles. The molecular weight excluding hydrogens is 389 g/mol. The minimum absolute atomic E-state index is 0.332. The number of aromatic hydroxyl groups is 1. The Hall–Kier alpha value is -1.91. The maximum absolute atomic E-state index is 14.6. The summed E-state index contributed by atoms with van der Waals surface area (Å²) in [6.07, 6.45) is 3.83. The van der Waals surface area contributed by atoms with Crippen LogP contribution in [-0.2, 0) is 26.2 Å².